The van der Waals surface area contributed by atoms with Crippen molar-refractivity contribution in [2.24, 2.45) is 5.73 Å². The van der Waals surface area contributed by atoms with Crippen LogP contribution in [0.3, 0.4) is 0 Å². The molecule has 0 amide bonds. The van der Waals surface area contributed by atoms with Gasteiger partial charge in [-0.3, -0.25) is 4.98 Å². The van der Waals surface area contributed by atoms with Crippen LogP contribution < -0.4 is 5.73 Å². The van der Waals surface area contributed by atoms with E-state index in [9.17, 15) is 0 Å². The van der Waals surface area contributed by atoms with E-state index in [2.05, 4.69) is 31.0 Å². The predicted molar refractivity (Wildman–Crippen MR) is 53.5 cm³/mol. The molecule has 1 unspecified atom stereocenters. The van der Waals surface area contributed by atoms with Gasteiger partial charge in [-0.05, 0) is 38.3 Å². The van der Waals surface area contributed by atoms with Gasteiger partial charge in [0.2, 0.25) is 0 Å². The molecule has 0 radical (unpaired) electrons. The van der Waals surface area contributed by atoms with Crippen molar-refractivity contribution in [3.05, 3.63) is 29.6 Å². The van der Waals surface area contributed by atoms with Crippen LogP contribution in [0.4, 0.5) is 0 Å². The first kappa shape index (κ1) is 8.70. The van der Waals surface area contributed by atoms with Crippen LogP contribution in [0, 0.1) is 6.92 Å². The van der Waals surface area contributed by atoms with Gasteiger partial charge in [-0.15, -0.1) is 0 Å². The minimum atomic E-state index is 0.202. The van der Waals surface area contributed by atoms with E-state index in [4.69, 9.17) is 5.73 Å². The lowest BCUT2D eigenvalue weighted by molar-refractivity contribution is 0.542. The minimum absolute atomic E-state index is 0.202. The lowest BCUT2D eigenvalue weighted by Gasteiger charge is -2.18. The van der Waals surface area contributed by atoms with Gasteiger partial charge in [-0.2, -0.15) is 0 Å². The number of rotatable bonds is 2. The van der Waals surface area contributed by atoms with Crippen LogP contribution in [0.5, 0.6) is 0 Å². The third-order valence-corrected chi connectivity index (χ3v) is 3.08. The van der Waals surface area contributed by atoms with Gasteiger partial charge in [0.15, 0.2) is 0 Å². The molecule has 1 heterocycles. The Labute approximate surface area is 79.2 Å². The Bertz CT molecular complexity index is 296. The smallest absolute Gasteiger partial charge is 0.0480 e. The summed E-state index contributed by atoms with van der Waals surface area (Å²) in [6, 6.07) is 4.46. The number of pyridine rings is 1. The number of hydrogen-bond acceptors (Lipinski definition) is 2. The summed E-state index contributed by atoms with van der Waals surface area (Å²) in [6.07, 6.45) is 4.32. The molecule has 1 aromatic heterocycles. The molecule has 2 N–H and O–H groups in total. The molecule has 1 fully saturated rings. The van der Waals surface area contributed by atoms with Crippen LogP contribution >= 0.6 is 0 Å². The minimum Gasteiger partial charge on any atom is -0.327 e. The average molecular weight is 176 g/mol. The Hall–Kier alpha value is -0.890. The molecule has 0 spiro atoms. The number of hydrogen-bond donors (Lipinski definition) is 1. The molecule has 1 aromatic rings. The summed E-state index contributed by atoms with van der Waals surface area (Å²) in [5.74, 6) is 0. The maximum absolute atomic E-state index is 5.96. The normalized spacial score (nSPS) is 21.2. The van der Waals surface area contributed by atoms with Crippen molar-refractivity contribution in [1.82, 2.24) is 4.98 Å². The Morgan fingerprint density at radius 1 is 1.46 bits per heavy atom. The first-order valence-electron chi connectivity index (χ1n) is 4.84. The van der Waals surface area contributed by atoms with Crippen LogP contribution in [0.2, 0.25) is 0 Å². The molecule has 2 heteroatoms. The zero-order valence-corrected chi connectivity index (χ0v) is 8.25. The van der Waals surface area contributed by atoms with Crippen LogP contribution in [0.25, 0.3) is 0 Å². The summed E-state index contributed by atoms with van der Waals surface area (Å²) in [7, 11) is 0. The summed E-state index contributed by atoms with van der Waals surface area (Å²) in [4.78, 5) is 4.45. The van der Waals surface area contributed by atoms with Crippen LogP contribution in [0.1, 0.15) is 31.0 Å². The number of nitrogens with two attached hydrogens (primary N) is 1. The Balaban J connectivity index is 2.31. The molecule has 2 nitrogen and oxygen atoms in total. The van der Waals surface area contributed by atoms with E-state index in [1.54, 1.807) is 0 Å². The highest BCUT2D eigenvalue weighted by Gasteiger charge is 2.48. The second kappa shape index (κ2) is 2.81. The van der Waals surface area contributed by atoms with Gasteiger partial charge in [0.05, 0.1) is 0 Å². The first-order valence-corrected chi connectivity index (χ1v) is 4.84. The Kier molecular flexibility index (Phi) is 1.88. The van der Waals surface area contributed by atoms with Crippen LogP contribution in [-0.2, 0) is 5.41 Å². The maximum Gasteiger partial charge on any atom is 0.0480 e. The third kappa shape index (κ3) is 1.35. The van der Waals surface area contributed by atoms with E-state index in [0.29, 0.717) is 0 Å². The van der Waals surface area contributed by atoms with Crippen LogP contribution in [0.15, 0.2) is 18.3 Å². The second-order valence-corrected chi connectivity index (χ2v) is 4.17. The molecule has 13 heavy (non-hydrogen) atoms. The third-order valence-electron chi connectivity index (χ3n) is 3.08. The fraction of sp³-hybridized carbons (Fsp3) is 0.545. The molecule has 2 rings (SSSR count). The van der Waals surface area contributed by atoms with Gasteiger partial charge >= 0.3 is 0 Å². The van der Waals surface area contributed by atoms with Crippen molar-refractivity contribution >= 4 is 0 Å². The molecule has 1 saturated carbocycles. The monoisotopic (exact) mass is 176 g/mol. The quantitative estimate of drug-likeness (QED) is 0.745. The highest BCUT2D eigenvalue weighted by atomic mass is 14.8. The topological polar surface area (TPSA) is 38.9 Å². The van der Waals surface area contributed by atoms with Gasteiger partial charge in [-0.1, -0.05) is 6.07 Å². The van der Waals surface area contributed by atoms with Crippen LogP contribution in [-0.4, -0.2) is 11.0 Å². The first-order chi connectivity index (χ1) is 6.15. The fourth-order valence-electron chi connectivity index (χ4n) is 1.84. The number of aryl methyl sites for hydroxylation is 1. The fourth-order valence-corrected chi connectivity index (χ4v) is 1.84. The van der Waals surface area contributed by atoms with Crippen molar-refractivity contribution < 1.29 is 0 Å². The van der Waals surface area contributed by atoms with Gasteiger partial charge in [0, 0.05) is 23.3 Å². The summed E-state index contributed by atoms with van der Waals surface area (Å²) in [6.45, 7) is 4.14. The van der Waals surface area contributed by atoms with Crippen molar-refractivity contribution in [1.29, 1.82) is 0 Å². The standard InChI is InChI=1S/C11H16N2/c1-8-3-4-10(13-7-8)11(5-6-11)9(2)12/h3-4,7,9H,5-6,12H2,1-2H3. The largest absolute Gasteiger partial charge is 0.327 e. The van der Waals surface area contributed by atoms with E-state index in [0.717, 1.165) is 0 Å². The van der Waals surface area contributed by atoms with Crippen molar-refractivity contribution in [3.8, 4) is 0 Å². The van der Waals surface area contributed by atoms with E-state index >= 15 is 0 Å². The molecule has 0 aromatic carbocycles. The van der Waals surface area contributed by atoms with Crippen molar-refractivity contribution in [3.63, 3.8) is 0 Å². The van der Waals surface area contributed by atoms with E-state index in [1.807, 2.05) is 6.20 Å². The van der Waals surface area contributed by atoms with Crippen molar-refractivity contribution in [2.75, 3.05) is 0 Å². The summed E-state index contributed by atoms with van der Waals surface area (Å²) < 4.78 is 0. The van der Waals surface area contributed by atoms with Crippen molar-refractivity contribution in [2.45, 2.75) is 38.1 Å². The maximum atomic E-state index is 5.96. The molecule has 1 aliphatic carbocycles. The molecule has 1 aliphatic rings. The Morgan fingerprint density at radius 2 is 2.15 bits per heavy atom. The van der Waals surface area contributed by atoms with Gasteiger partial charge in [0.25, 0.3) is 0 Å². The summed E-state index contributed by atoms with van der Waals surface area (Å²) in [5.41, 5.74) is 8.55. The Morgan fingerprint density at radius 3 is 2.54 bits per heavy atom. The SMILES string of the molecule is Cc1ccc(C2(C(C)N)CC2)nc1. The van der Waals surface area contributed by atoms with E-state index in [-0.39, 0.29) is 11.5 Å². The zero-order valence-electron chi connectivity index (χ0n) is 8.25. The van der Waals surface area contributed by atoms with E-state index < -0.39 is 0 Å². The molecular weight excluding hydrogens is 160 g/mol. The van der Waals surface area contributed by atoms with Gasteiger partial charge < -0.3 is 5.73 Å². The highest BCUT2D eigenvalue weighted by molar-refractivity contribution is 5.28. The molecule has 1 atom stereocenters. The van der Waals surface area contributed by atoms with E-state index in [1.165, 1.54) is 24.1 Å². The molecular formula is C11H16N2. The zero-order chi connectivity index (χ0) is 9.47. The lowest BCUT2D eigenvalue weighted by Crippen LogP contribution is -2.32. The molecule has 0 saturated heterocycles. The number of aromatic nitrogens is 1. The lowest BCUT2D eigenvalue weighted by atomic mass is 9.94. The van der Waals surface area contributed by atoms with Gasteiger partial charge in [-0.25, -0.2) is 0 Å². The average Bonchev–Trinajstić information content (AvgIpc) is 2.86. The predicted octanol–water partition coefficient (Wildman–Crippen LogP) is 1.77. The van der Waals surface area contributed by atoms with Gasteiger partial charge in [0.1, 0.15) is 0 Å². The molecule has 70 valence electrons. The molecule has 0 aliphatic heterocycles. The summed E-state index contributed by atoms with van der Waals surface area (Å²) >= 11 is 0. The second-order valence-electron chi connectivity index (χ2n) is 4.17. The molecule has 0 bridgehead atoms. The summed E-state index contributed by atoms with van der Waals surface area (Å²) in [5, 5.41) is 0. The number of nitrogens with zero attached hydrogens (tertiary/aromatic N) is 1. The highest BCUT2D eigenvalue weighted by Crippen LogP contribution is 2.49.